The highest BCUT2D eigenvalue weighted by Gasteiger charge is 2.55. The number of nitrogens with two attached hydrogens (primary N) is 1. The molecule has 0 saturated carbocycles. The minimum atomic E-state index is -4.31. The lowest BCUT2D eigenvalue weighted by molar-refractivity contribution is -0.362. The van der Waals surface area contributed by atoms with E-state index in [0.717, 1.165) is 8.96 Å². The van der Waals surface area contributed by atoms with Gasteiger partial charge in [-0.15, -0.1) is 0 Å². The third-order valence-electron chi connectivity index (χ3n) is 14.2. The molecule has 0 spiro atoms. The fourth-order valence-corrected chi connectivity index (χ4v) is 9.91. The van der Waals surface area contributed by atoms with Crippen LogP contribution < -0.4 is 37.1 Å². The Morgan fingerprint density at radius 1 is 0.840 bits per heavy atom. The molecule has 81 heavy (non-hydrogen) atoms. The number of esters is 1. The number of azide groups is 1. The number of hydrogen-bond acceptors (Lipinski definition) is 12. The van der Waals surface area contributed by atoms with Gasteiger partial charge < -0.3 is 69.2 Å². The Bertz CT molecular complexity index is 2920. The highest BCUT2D eigenvalue weighted by molar-refractivity contribution is 6.58. The van der Waals surface area contributed by atoms with E-state index in [1.165, 1.54) is 12.1 Å². The summed E-state index contributed by atoms with van der Waals surface area (Å²) in [6.45, 7) is 5.74. The number of ether oxygens (including phenoxy) is 3. The Hall–Kier alpha value is -8.05. The number of epoxide rings is 1. The van der Waals surface area contributed by atoms with Gasteiger partial charge in [0, 0.05) is 79.3 Å². The van der Waals surface area contributed by atoms with Crippen LogP contribution in [0.5, 0.6) is 11.5 Å². The zero-order valence-electron chi connectivity index (χ0n) is 46.5. The normalized spacial score (nSPS) is 16.9. The Balaban J connectivity index is 0.894. The molecule has 5 atom stereocenters. The number of unbranched alkanes of at least 4 members (excludes halogenated alkanes) is 3. The maximum Gasteiger partial charge on any atom is 0.737 e. The molecule has 1 aromatic heterocycles. The van der Waals surface area contributed by atoms with Gasteiger partial charge in [-0.3, -0.25) is 28.8 Å². The van der Waals surface area contributed by atoms with Crippen molar-refractivity contribution >= 4 is 60.2 Å². The topological polar surface area (TPSA) is 314 Å². The first-order valence-corrected chi connectivity index (χ1v) is 27.6. The van der Waals surface area contributed by atoms with Crippen molar-refractivity contribution < 1.29 is 66.0 Å². The van der Waals surface area contributed by atoms with Gasteiger partial charge in [-0.25, -0.2) is 4.79 Å². The van der Waals surface area contributed by atoms with E-state index in [2.05, 4.69) is 36.6 Å². The quantitative estimate of drug-likeness (QED) is 0.00746. The summed E-state index contributed by atoms with van der Waals surface area (Å²) in [5.74, 6) is -3.23. The monoisotopic (exact) mass is 1130 g/mol. The van der Waals surface area contributed by atoms with Gasteiger partial charge in [0.25, 0.3) is 5.91 Å². The van der Waals surface area contributed by atoms with Crippen molar-refractivity contribution in [2.45, 2.75) is 142 Å². The number of benzene rings is 2. The van der Waals surface area contributed by atoms with Gasteiger partial charge in [-0.2, -0.15) is 0 Å². The number of amides is 6. The molecule has 0 unspecified atom stereocenters. The lowest BCUT2D eigenvalue weighted by Crippen LogP contribution is -2.55. The Kier molecular flexibility index (Phi) is 22.6. The molecular weight excluding hydrogens is 1050 g/mol. The van der Waals surface area contributed by atoms with Crippen LogP contribution in [0.2, 0.25) is 0 Å². The zero-order valence-corrected chi connectivity index (χ0v) is 46.5. The molecule has 6 rings (SSSR count). The summed E-state index contributed by atoms with van der Waals surface area (Å²) in [5, 5.41) is 27.1. The molecule has 4 heterocycles. The number of phenols is 1. The number of aromatic hydroxyl groups is 1. The van der Waals surface area contributed by atoms with E-state index in [1.807, 2.05) is 13.8 Å². The molecule has 0 bridgehead atoms. The van der Waals surface area contributed by atoms with Crippen molar-refractivity contribution in [1.82, 2.24) is 31.1 Å². The van der Waals surface area contributed by atoms with Crippen LogP contribution in [0, 0.1) is 5.92 Å². The summed E-state index contributed by atoms with van der Waals surface area (Å²) in [7, 11) is 0. The van der Waals surface area contributed by atoms with Gasteiger partial charge in [-0.05, 0) is 136 Å². The molecule has 22 nitrogen and oxygen atoms in total. The summed E-state index contributed by atoms with van der Waals surface area (Å²) in [6, 6.07) is 13.3. The van der Waals surface area contributed by atoms with Gasteiger partial charge in [0.15, 0.2) is 17.9 Å². The van der Waals surface area contributed by atoms with Crippen molar-refractivity contribution in [2.24, 2.45) is 16.8 Å². The zero-order chi connectivity index (χ0) is 58.8. The van der Waals surface area contributed by atoms with Crippen LogP contribution >= 0.6 is 0 Å². The predicted molar refractivity (Wildman–Crippen MR) is 298 cm³/mol. The largest absolute Gasteiger partial charge is 0.737 e. The van der Waals surface area contributed by atoms with Crippen LogP contribution in [0.4, 0.5) is 8.63 Å². The van der Waals surface area contributed by atoms with Crippen LogP contribution in [0.3, 0.4) is 0 Å². The summed E-state index contributed by atoms with van der Waals surface area (Å²) in [6.07, 6.45) is 3.45. The van der Waals surface area contributed by atoms with Crippen LogP contribution in [0.25, 0.3) is 27.8 Å². The summed E-state index contributed by atoms with van der Waals surface area (Å²) in [4.78, 5) is 93.1. The number of primary amides is 1. The van der Waals surface area contributed by atoms with Crippen molar-refractivity contribution in [3.8, 4) is 22.8 Å². The van der Waals surface area contributed by atoms with E-state index in [1.54, 1.807) is 75.4 Å². The number of allylic oxidation sites excluding steroid dienone is 2. The summed E-state index contributed by atoms with van der Waals surface area (Å²) in [5.41, 5.74) is 18.1. The van der Waals surface area contributed by atoms with Gasteiger partial charge in [-0.1, -0.05) is 37.5 Å². The maximum absolute atomic E-state index is 16.6. The van der Waals surface area contributed by atoms with Gasteiger partial charge in [0.05, 0.1) is 13.2 Å². The summed E-state index contributed by atoms with van der Waals surface area (Å²) < 4.78 is 51.3. The third-order valence-corrected chi connectivity index (χ3v) is 14.2. The molecule has 6 amide bonds. The van der Waals surface area contributed by atoms with Gasteiger partial charge >= 0.3 is 12.9 Å². The number of nitrogens with zero attached hydrogens (tertiary/aromatic N) is 5. The third kappa shape index (κ3) is 17.2. The number of halogens is 2. The first kappa shape index (κ1) is 62.2. The van der Waals surface area contributed by atoms with Crippen molar-refractivity contribution in [2.75, 3.05) is 32.8 Å². The van der Waals surface area contributed by atoms with Crippen LogP contribution in [0.15, 0.2) is 82.6 Å². The number of phenolic OH excluding ortho intramolecular Hbond substituents is 1. The molecule has 0 aliphatic carbocycles. The second-order valence-electron chi connectivity index (χ2n) is 20.7. The Morgan fingerprint density at radius 2 is 1.56 bits per heavy atom. The van der Waals surface area contributed by atoms with E-state index in [4.69, 9.17) is 25.5 Å². The van der Waals surface area contributed by atoms with E-state index in [9.17, 15) is 38.7 Å². The Labute approximate surface area is 469 Å². The molecule has 25 heteroatoms. The number of aromatic nitrogens is 1. The van der Waals surface area contributed by atoms with Crippen molar-refractivity contribution in [1.29, 1.82) is 0 Å². The first-order valence-electron chi connectivity index (χ1n) is 27.6. The fraction of sp³-hybridized carbons (Fsp3) is 0.500. The summed E-state index contributed by atoms with van der Waals surface area (Å²) >= 11 is 0. The van der Waals surface area contributed by atoms with Crippen molar-refractivity contribution in [3.05, 3.63) is 99.2 Å². The van der Waals surface area contributed by atoms with Crippen LogP contribution in [-0.4, -0.2) is 131 Å². The van der Waals surface area contributed by atoms with E-state index in [0.29, 0.717) is 102 Å². The number of carbonyl (C=O) groups excluding carboxylic acids is 7. The molecule has 8 N–H and O–H groups in total. The minimum Gasteiger partial charge on any atom is -0.508 e. The molecule has 2 aromatic carbocycles. The molecule has 3 aliphatic rings. The van der Waals surface area contributed by atoms with E-state index >= 15 is 8.63 Å². The smallest absolute Gasteiger partial charge is 0.508 e. The van der Waals surface area contributed by atoms with Crippen molar-refractivity contribution in [3.63, 3.8) is 0 Å². The predicted octanol–water partition coefficient (Wildman–Crippen LogP) is 5.62. The molecule has 436 valence electrons. The minimum absolute atomic E-state index is 0.0232. The average Bonchev–Trinajstić information content (AvgIpc) is 3.95. The molecule has 1 fully saturated rings. The number of nitrogens with one attached hydrogen (secondary N) is 5. The number of rotatable bonds is 33. The lowest BCUT2D eigenvalue weighted by Gasteiger charge is -2.31. The second-order valence-corrected chi connectivity index (χ2v) is 20.7. The average molecular weight is 1130 g/mol. The molecular formula is C56H74BF2N11O11. The highest BCUT2D eigenvalue weighted by atomic mass is 19.2. The second kappa shape index (κ2) is 29.4. The number of carbonyl (C=O) groups is 7. The number of hydrogen-bond donors (Lipinski definition) is 7. The van der Waals surface area contributed by atoms with E-state index in [-0.39, 0.29) is 81.7 Å². The maximum atomic E-state index is 16.6. The molecule has 3 aromatic rings. The van der Waals surface area contributed by atoms with E-state index < -0.39 is 66.9 Å². The lowest BCUT2D eigenvalue weighted by atomic mass is 9.89. The molecule has 0 radical (unpaired) electrons. The SMILES string of the molecule is CCOC(=O)[C@H]1O[C@@H]1C(=O)N[C@@H](CC(C)C)C(=O)N[C@@H](Cc1ccc(O)cc1)C(=O)NCCCCCC(=O)N[C@@H](CCCCNC(=O)CCC1=C(C)C2=Cc3ccc(-c4ccc(OCCCN=[N+]=[N-])cc4)n3[B-](F)(F)[N+]2=C1C)C(N)=O. The van der Waals surface area contributed by atoms with Gasteiger partial charge in [0.2, 0.25) is 29.5 Å². The highest BCUT2D eigenvalue weighted by Crippen LogP contribution is 2.41. The fourth-order valence-electron chi connectivity index (χ4n) is 9.91. The Morgan fingerprint density at radius 3 is 2.25 bits per heavy atom. The standard InChI is InChI=1S/C56H74BF2N11O11/c1-6-79-56(78)51-50(81-51)55(77)67-44(31-34(2)3)54(76)66-45(32-37-15-20-40(71)21-16-37)53(75)63-28-10-7-8-14-49(73)65-43(52(60)74)13-9-11-27-62-48(72)26-24-42-35(4)47-33-39-19-25-46(70(39)57(58,59)69(47)36(42)5)38-17-22-41(23-18-38)80-30-12-29-64-68-61/h15-23,25,33-34,43-45,50-51,71H,6-14,24,26-32H2,1-5H3,(H2,60,74)(H,62,72)(H,63,75)(H,65,73)(H,66,76)(H,67,77)/t43-,44-,45-,50-,51-/m0/s1. The van der Waals surface area contributed by atoms with Crippen LogP contribution in [-0.2, 0) is 49.5 Å². The number of fused-ring (bicyclic) bond motifs is 2. The first-order chi connectivity index (χ1) is 38.7. The van der Waals surface area contributed by atoms with Gasteiger partial charge in [0.1, 0.15) is 35.3 Å². The van der Waals surface area contributed by atoms with Crippen LogP contribution in [0.1, 0.15) is 117 Å². The molecule has 3 aliphatic heterocycles. The molecule has 1 saturated heterocycles.